The minimum atomic E-state index is -0.471. The second-order valence-corrected chi connectivity index (χ2v) is 8.03. The Kier molecular flexibility index (Phi) is 6.05. The fraction of sp³-hybridized carbons (Fsp3) is 0.571. The lowest BCUT2D eigenvalue weighted by Gasteiger charge is -2.34. The van der Waals surface area contributed by atoms with Crippen LogP contribution >= 0.6 is 0 Å². The fourth-order valence-electron chi connectivity index (χ4n) is 4.05. The Balaban J connectivity index is 1.62. The molecule has 2 heterocycles. The fourth-order valence-corrected chi connectivity index (χ4v) is 4.05. The van der Waals surface area contributed by atoms with E-state index in [1.165, 1.54) is 18.6 Å². The van der Waals surface area contributed by atoms with Crippen molar-refractivity contribution in [3.05, 3.63) is 34.9 Å². The van der Waals surface area contributed by atoms with Crippen molar-refractivity contribution in [2.75, 3.05) is 26.2 Å². The van der Waals surface area contributed by atoms with Gasteiger partial charge in [-0.3, -0.25) is 4.79 Å². The number of rotatable bonds is 5. The number of aromatic nitrogens is 2. The maximum atomic E-state index is 13.9. The molecule has 1 aromatic heterocycles. The van der Waals surface area contributed by atoms with Crippen molar-refractivity contribution in [3.8, 4) is 0 Å². The van der Waals surface area contributed by atoms with Gasteiger partial charge in [0.1, 0.15) is 11.3 Å². The zero-order valence-corrected chi connectivity index (χ0v) is 16.7. The van der Waals surface area contributed by atoms with Gasteiger partial charge in [0.25, 0.3) is 5.91 Å². The molecule has 1 fully saturated rings. The highest BCUT2D eigenvalue weighted by molar-refractivity contribution is 6.04. The number of likely N-dealkylation sites (tertiary alicyclic amines) is 1. The van der Waals surface area contributed by atoms with Gasteiger partial charge >= 0.3 is 0 Å². The van der Waals surface area contributed by atoms with Gasteiger partial charge in [-0.15, -0.1) is 0 Å². The van der Waals surface area contributed by atoms with Crippen molar-refractivity contribution in [1.82, 2.24) is 20.2 Å². The number of piperidine rings is 1. The predicted octanol–water partition coefficient (Wildman–Crippen LogP) is 3.48. The van der Waals surface area contributed by atoms with Crippen molar-refractivity contribution in [3.63, 3.8) is 0 Å². The lowest BCUT2D eigenvalue weighted by molar-refractivity contribution is 0.0948. The van der Waals surface area contributed by atoms with Gasteiger partial charge in [-0.1, -0.05) is 13.8 Å². The van der Waals surface area contributed by atoms with E-state index in [1.54, 1.807) is 0 Å². The largest absolute Gasteiger partial charge is 0.352 e. The van der Waals surface area contributed by atoms with Gasteiger partial charge in [0, 0.05) is 25.7 Å². The number of aryl methyl sites for hydroxylation is 2. The highest BCUT2D eigenvalue weighted by Gasteiger charge is 2.21. The van der Waals surface area contributed by atoms with Crippen LogP contribution in [0.15, 0.2) is 12.1 Å². The van der Waals surface area contributed by atoms with Gasteiger partial charge in [-0.25, -0.2) is 14.4 Å². The summed E-state index contributed by atoms with van der Waals surface area (Å²) in [7, 11) is 0. The Hall–Kier alpha value is -2.08. The van der Waals surface area contributed by atoms with Crippen molar-refractivity contribution >= 4 is 16.9 Å². The van der Waals surface area contributed by atoms with Crippen LogP contribution in [-0.4, -0.2) is 47.0 Å². The molecule has 0 aliphatic carbocycles. The lowest BCUT2D eigenvalue weighted by Crippen LogP contribution is -2.40. The van der Waals surface area contributed by atoms with E-state index in [4.69, 9.17) is 0 Å². The Morgan fingerprint density at radius 2 is 1.85 bits per heavy atom. The summed E-state index contributed by atoms with van der Waals surface area (Å²) in [5.41, 5.74) is 2.61. The van der Waals surface area contributed by atoms with Crippen molar-refractivity contribution in [1.29, 1.82) is 0 Å². The zero-order chi connectivity index (χ0) is 19.6. The first kappa shape index (κ1) is 19.7. The second-order valence-electron chi connectivity index (χ2n) is 8.03. The normalized spacial score (nSPS) is 20.8. The molecule has 1 aliphatic rings. The van der Waals surface area contributed by atoms with E-state index in [-0.39, 0.29) is 11.5 Å². The van der Waals surface area contributed by atoms with Crippen LogP contribution in [0.5, 0.6) is 0 Å². The minimum absolute atomic E-state index is 0.251. The minimum Gasteiger partial charge on any atom is -0.352 e. The molecule has 1 aromatic carbocycles. The van der Waals surface area contributed by atoms with Crippen molar-refractivity contribution in [2.24, 2.45) is 11.8 Å². The number of halogens is 1. The maximum absolute atomic E-state index is 13.9. The third-order valence-corrected chi connectivity index (χ3v) is 5.27. The average Bonchev–Trinajstić information content (AvgIpc) is 2.58. The smallest absolute Gasteiger partial charge is 0.253 e. The molecule has 1 aliphatic heterocycles. The third-order valence-electron chi connectivity index (χ3n) is 5.27. The average molecular weight is 372 g/mol. The molecule has 1 N–H and O–H groups in total. The van der Waals surface area contributed by atoms with E-state index in [0.29, 0.717) is 17.6 Å². The number of benzene rings is 1. The summed E-state index contributed by atoms with van der Waals surface area (Å²) in [5.74, 6) is 0.693. The van der Waals surface area contributed by atoms with Gasteiger partial charge in [0.05, 0.1) is 22.5 Å². The van der Waals surface area contributed by atoms with Crippen LogP contribution in [0.2, 0.25) is 0 Å². The summed E-state index contributed by atoms with van der Waals surface area (Å²) < 4.78 is 13.9. The Bertz CT molecular complexity index is 829. The third kappa shape index (κ3) is 4.80. The molecule has 0 spiro atoms. The number of hydrogen-bond acceptors (Lipinski definition) is 4. The highest BCUT2D eigenvalue weighted by Crippen LogP contribution is 2.21. The number of hydrogen-bond donors (Lipinski definition) is 1. The Morgan fingerprint density at radius 3 is 2.56 bits per heavy atom. The number of carbonyl (C=O) groups is 1. The maximum Gasteiger partial charge on any atom is 0.253 e. The number of carbonyl (C=O) groups excluding carboxylic acids is 1. The number of nitrogens with zero attached hydrogens (tertiary/aromatic N) is 3. The van der Waals surface area contributed by atoms with Crippen molar-refractivity contribution < 1.29 is 9.18 Å². The van der Waals surface area contributed by atoms with Gasteiger partial charge in [0.15, 0.2) is 0 Å². The molecule has 27 heavy (non-hydrogen) atoms. The first-order valence-electron chi connectivity index (χ1n) is 9.78. The van der Waals surface area contributed by atoms with E-state index in [0.717, 1.165) is 49.3 Å². The lowest BCUT2D eigenvalue weighted by atomic mass is 9.92. The first-order valence-corrected chi connectivity index (χ1v) is 9.78. The van der Waals surface area contributed by atoms with Crippen LogP contribution in [0, 0.1) is 31.5 Å². The summed E-state index contributed by atoms with van der Waals surface area (Å²) >= 11 is 0. The zero-order valence-electron chi connectivity index (χ0n) is 16.7. The molecule has 1 saturated heterocycles. The van der Waals surface area contributed by atoms with Crippen LogP contribution in [0.4, 0.5) is 4.39 Å². The van der Waals surface area contributed by atoms with Crippen LogP contribution in [0.3, 0.4) is 0 Å². The summed E-state index contributed by atoms with van der Waals surface area (Å²) in [5, 5.41) is 2.91. The molecular weight excluding hydrogens is 343 g/mol. The molecule has 2 aromatic rings. The van der Waals surface area contributed by atoms with Gasteiger partial charge in [-0.2, -0.15) is 0 Å². The molecule has 0 bridgehead atoms. The Morgan fingerprint density at radius 1 is 1.19 bits per heavy atom. The summed E-state index contributed by atoms with van der Waals surface area (Å²) in [6.07, 6.45) is 2.17. The topological polar surface area (TPSA) is 58.1 Å². The van der Waals surface area contributed by atoms with E-state index in [1.807, 2.05) is 13.8 Å². The molecule has 6 heteroatoms. The van der Waals surface area contributed by atoms with Crippen LogP contribution < -0.4 is 5.32 Å². The second kappa shape index (κ2) is 8.30. The summed E-state index contributed by atoms with van der Waals surface area (Å²) in [4.78, 5) is 23.9. The van der Waals surface area contributed by atoms with E-state index in [2.05, 4.69) is 34.0 Å². The van der Waals surface area contributed by atoms with Gasteiger partial charge < -0.3 is 10.2 Å². The first-order chi connectivity index (χ1) is 12.8. The number of nitrogens with one attached hydrogen (secondary N) is 1. The molecule has 0 radical (unpaired) electrons. The molecule has 2 unspecified atom stereocenters. The quantitative estimate of drug-likeness (QED) is 0.817. The number of amides is 1. The summed E-state index contributed by atoms with van der Waals surface area (Å²) in [6, 6.07) is 2.57. The molecule has 2 atom stereocenters. The van der Waals surface area contributed by atoms with E-state index >= 15 is 0 Å². The van der Waals surface area contributed by atoms with E-state index in [9.17, 15) is 9.18 Å². The van der Waals surface area contributed by atoms with Crippen LogP contribution in [0.25, 0.3) is 11.0 Å². The number of fused-ring (bicyclic) bond motifs is 1. The molecule has 5 nitrogen and oxygen atoms in total. The molecule has 146 valence electrons. The standard InChI is InChI=1S/C21H29FN4O/c1-13-8-14(2)12-26(11-13)7-5-6-23-21(27)18-9-17(22)10-19-20(18)25-16(4)15(3)24-19/h9-10,13-14H,5-8,11-12H2,1-4H3,(H,23,27). The highest BCUT2D eigenvalue weighted by atomic mass is 19.1. The molecule has 3 rings (SSSR count). The molecule has 0 saturated carbocycles. The van der Waals surface area contributed by atoms with Gasteiger partial charge in [-0.05, 0) is 51.1 Å². The molecular formula is C21H29FN4O. The van der Waals surface area contributed by atoms with E-state index < -0.39 is 5.82 Å². The monoisotopic (exact) mass is 372 g/mol. The SMILES string of the molecule is Cc1nc2cc(F)cc(C(=O)NCCCN3CC(C)CC(C)C3)c2nc1C. The molecule has 1 amide bonds. The van der Waals surface area contributed by atoms with Crippen LogP contribution in [-0.2, 0) is 0 Å². The predicted molar refractivity (Wildman–Crippen MR) is 105 cm³/mol. The summed E-state index contributed by atoms with van der Waals surface area (Å²) in [6.45, 7) is 12.0. The van der Waals surface area contributed by atoms with Crippen LogP contribution in [0.1, 0.15) is 48.4 Å². The van der Waals surface area contributed by atoms with Crippen molar-refractivity contribution in [2.45, 2.75) is 40.5 Å². The Labute approximate surface area is 160 Å². The van der Waals surface area contributed by atoms with Gasteiger partial charge in [0.2, 0.25) is 0 Å².